The molecule has 0 aromatic heterocycles. The van der Waals surface area contributed by atoms with Crippen molar-refractivity contribution in [3.05, 3.63) is 18.2 Å². The zero-order chi connectivity index (χ0) is 11.5. The van der Waals surface area contributed by atoms with Crippen LogP contribution in [0.4, 0.5) is 5.69 Å². The van der Waals surface area contributed by atoms with Crippen LogP contribution in [0.5, 0.6) is 11.5 Å². The van der Waals surface area contributed by atoms with Gasteiger partial charge in [-0.15, -0.1) is 12.4 Å². The van der Waals surface area contributed by atoms with Crippen molar-refractivity contribution < 1.29 is 14.3 Å². The minimum atomic E-state index is -0.555. The van der Waals surface area contributed by atoms with E-state index in [4.69, 9.17) is 15.2 Å². The minimum absolute atomic E-state index is 0. The van der Waals surface area contributed by atoms with Crippen molar-refractivity contribution in [2.75, 3.05) is 18.5 Å². The fraction of sp³-hybridized carbons (Fsp3) is 0.364. The van der Waals surface area contributed by atoms with Gasteiger partial charge >= 0.3 is 0 Å². The highest BCUT2D eigenvalue weighted by Crippen LogP contribution is 2.37. The van der Waals surface area contributed by atoms with E-state index in [1.54, 1.807) is 25.1 Å². The number of amides is 1. The normalized spacial score (nSPS) is 14.5. The van der Waals surface area contributed by atoms with Crippen LogP contribution in [-0.4, -0.2) is 25.2 Å². The summed E-state index contributed by atoms with van der Waals surface area (Å²) in [6.07, 6.45) is 0. The SMILES string of the molecule is CC(N)C(=O)Nc1cccc2c1OCCO2.Cl. The number of nitrogens with two attached hydrogens (primary N) is 1. The molecule has 1 amide bonds. The average Bonchev–Trinajstić information content (AvgIpc) is 2.29. The van der Waals surface area contributed by atoms with Gasteiger partial charge in [-0.1, -0.05) is 6.07 Å². The zero-order valence-corrected chi connectivity index (χ0v) is 10.3. The summed E-state index contributed by atoms with van der Waals surface area (Å²) in [6, 6.07) is 4.80. The summed E-state index contributed by atoms with van der Waals surface area (Å²) in [6.45, 7) is 2.64. The summed E-state index contributed by atoms with van der Waals surface area (Å²) in [5.74, 6) is 0.971. The number of fused-ring (bicyclic) bond motifs is 1. The van der Waals surface area contributed by atoms with Gasteiger partial charge in [-0.2, -0.15) is 0 Å². The van der Waals surface area contributed by atoms with Gasteiger partial charge in [-0.05, 0) is 19.1 Å². The number of hydrogen-bond donors (Lipinski definition) is 2. The van der Waals surface area contributed by atoms with Crippen molar-refractivity contribution in [2.24, 2.45) is 5.73 Å². The second kappa shape index (κ2) is 5.75. The Morgan fingerprint density at radius 3 is 2.82 bits per heavy atom. The first kappa shape index (κ1) is 13.6. The Morgan fingerprint density at radius 1 is 1.41 bits per heavy atom. The van der Waals surface area contributed by atoms with Gasteiger partial charge in [0.25, 0.3) is 0 Å². The maximum absolute atomic E-state index is 11.5. The van der Waals surface area contributed by atoms with Gasteiger partial charge < -0.3 is 20.5 Å². The number of halogens is 1. The summed E-state index contributed by atoms with van der Waals surface area (Å²) < 4.78 is 10.9. The fourth-order valence-electron chi connectivity index (χ4n) is 1.42. The van der Waals surface area contributed by atoms with Crippen molar-refractivity contribution in [1.29, 1.82) is 0 Å². The van der Waals surface area contributed by atoms with Crippen LogP contribution in [0.1, 0.15) is 6.92 Å². The van der Waals surface area contributed by atoms with Crippen molar-refractivity contribution in [3.63, 3.8) is 0 Å². The van der Waals surface area contributed by atoms with Crippen molar-refractivity contribution in [3.8, 4) is 11.5 Å². The van der Waals surface area contributed by atoms with Gasteiger partial charge in [0.05, 0.1) is 11.7 Å². The molecule has 1 aliphatic rings. The number of rotatable bonds is 2. The highest BCUT2D eigenvalue weighted by atomic mass is 35.5. The fourth-order valence-corrected chi connectivity index (χ4v) is 1.42. The summed E-state index contributed by atoms with van der Waals surface area (Å²) in [5, 5.41) is 2.70. The van der Waals surface area contributed by atoms with Crippen LogP contribution in [-0.2, 0) is 4.79 Å². The molecule has 6 heteroatoms. The molecule has 0 aliphatic carbocycles. The van der Waals surface area contributed by atoms with Crippen molar-refractivity contribution >= 4 is 24.0 Å². The molecule has 0 radical (unpaired) electrons. The number of carbonyl (C=O) groups is 1. The van der Waals surface area contributed by atoms with E-state index in [1.165, 1.54) is 0 Å². The molecule has 1 heterocycles. The van der Waals surface area contributed by atoms with Crippen LogP contribution in [0.25, 0.3) is 0 Å². The molecular weight excluding hydrogens is 244 g/mol. The predicted octanol–water partition coefficient (Wildman–Crippen LogP) is 1.17. The number of hydrogen-bond acceptors (Lipinski definition) is 4. The number of para-hydroxylation sites is 1. The van der Waals surface area contributed by atoms with Gasteiger partial charge in [-0.25, -0.2) is 0 Å². The third-order valence-electron chi connectivity index (χ3n) is 2.24. The molecule has 2 rings (SSSR count). The maximum atomic E-state index is 11.5. The molecule has 5 nitrogen and oxygen atoms in total. The van der Waals surface area contributed by atoms with E-state index in [0.717, 1.165) is 0 Å². The lowest BCUT2D eigenvalue weighted by atomic mass is 10.2. The second-order valence-corrected chi connectivity index (χ2v) is 3.61. The Balaban J connectivity index is 0.00000144. The molecule has 1 aromatic rings. The van der Waals surface area contributed by atoms with Crippen molar-refractivity contribution in [1.82, 2.24) is 0 Å². The van der Waals surface area contributed by atoms with Crippen LogP contribution in [0.2, 0.25) is 0 Å². The van der Waals surface area contributed by atoms with Gasteiger partial charge in [-0.3, -0.25) is 4.79 Å². The van der Waals surface area contributed by atoms with E-state index in [9.17, 15) is 4.79 Å². The third kappa shape index (κ3) is 3.01. The van der Waals surface area contributed by atoms with E-state index in [-0.39, 0.29) is 18.3 Å². The lowest BCUT2D eigenvalue weighted by Gasteiger charge is -2.21. The molecule has 0 bridgehead atoms. The van der Waals surface area contributed by atoms with E-state index >= 15 is 0 Å². The summed E-state index contributed by atoms with van der Waals surface area (Å²) in [5.41, 5.74) is 6.07. The lowest BCUT2D eigenvalue weighted by molar-refractivity contribution is -0.117. The summed E-state index contributed by atoms with van der Waals surface area (Å²) in [4.78, 5) is 11.5. The molecule has 1 aliphatic heterocycles. The first-order valence-electron chi connectivity index (χ1n) is 5.13. The van der Waals surface area contributed by atoms with Crippen molar-refractivity contribution in [2.45, 2.75) is 13.0 Å². The van der Waals surface area contributed by atoms with Crippen LogP contribution >= 0.6 is 12.4 Å². The van der Waals surface area contributed by atoms with Crippen LogP contribution in [0, 0.1) is 0 Å². The topological polar surface area (TPSA) is 73.6 Å². The monoisotopic (exact) mass is 258 g/mol. The average molecular weight is 259 g/mol. The Morgan fingerprint density at radius 2 is 2.12 bits per heavy atom. The van der Waals surface area contributed by atoms with Crippen LogP contribution in [0.15, 0.2) is 18.2 Å². The Labute approximate surface area is 106 Å². The Kier molecular flexibility index (Phi) is 4.60. The minimum Gasteiger partial charge on any atom is -0.486 e. The van der Waals surface area contributed by atoms with Gasteiger partial charge in [0.15, 0.2) is 11.5 Å². The van der Waals surface area contributed by atoms with E-state index in [0.29, 0.717) is 30.4 Å². The number of nitrogens with one attached hydrogen (secondary N) is 1. The van der Waals surface area contributed by atoms with Gasteiger partial charge in [0.2, 0.25) is 5.91 Å². The highest BCUT2D eigenvalue weighted by Gasteiger charge is 2.17. The number of anilines is 1. The second-order valence-electron chi connectivity index (χ2n) is 3.61. The largest absolute Gasteiger partial charge is 0.486 e. The summed E-state index contributed by atoms with van der Waals surface area (Å²) in [7, 11) is 0. The van der Waals surface area contributed by atoms with Gasteiger partial charge in [0.1, 0.15) is 13.2 Å². The molecule has 0 saturated carbocycles. The highest BCUT2D eigenvalue weighted by molar-refractivity contribution is 5.96. The smallest absolute Gasteiger partial charge is 0.241 e. The zero-order valence-electron chi connectivity index (χ0n) is 9.43. The molecular formula is C11H15ClN2O3. The Bertz CT molecular complexity index is 410. The first-order chi connectivity index (χ1) is 7.68. The van der Waals surface area contributed by atoms with E-state index < -0.39 is 6.04 Å². The number of carbonyl (C=O) groups excluding carboxylic acids is 1. The lowest BCUT2D eigenvalue weighted by Crippen LogP contribution is -2.32. The van der Waals surface area contributed by atoms with E-state index in [2.05, 4.69) is 5.32 Å². The molecule has 17 heavy (non-hydrogen) atoms. The first-order valence-corrected chi connectivity index (χ1v) is 5.13. The van der Waals surface area contributed by atoms with Gasteiger partial charge in [0, 0.05) is 0 Å². The molecule has 1 aromatic carbocycles. The maximum Gasteiger partial charge on any atom is 0.241 e. The number of benzene rings is 1. The molecule has 0 fully saturated rings. The van der Waals surface area contributed by atoms with Crippen LogP contribution in [0.3, 0.4) is 0 Å². The quantitative estimate of drug-likeness (QED) is 0.835. The van der Waals surface area contributed by atoms with Crippen LogP contribution < -0.4 is 20.5 Å². The standard InChI is InChI=1S/C11H14N2O3.ClH/c1-7(12)11(14)13-8-3-2-4-9-10(8)16-6-5-15-9;/h2-4,7H,5-6,12H2,1H3,(H,13,14);1H. The molecule has 94 valence electrons. The Hall–Kier alpha value is -1.46. The predicted molar refractivity (Wildman–Crippen MR) is 67.0 cm³/mol. The van der Waals surface area contributed by atoms with E-state index in [1.807, 2.05) is 0 Å². The third-order valence-corrected chi connectivity index (χ3v) is 2.24. The molecule has 0 spiro atoms. The molecule has 3 N–H and O–H groups in total. The summed E-state index contributed by atoms with van der Waals surface area (Å²) >= 11 is 0. The number of ether oxygens (including phenoxy) is 2. The molecule has 1 atom stereocenters. The molecule has 0 saturated heterocycles. The molecule has 1 unspecified atom stereocenters.